The summed E-state index contributed by atoms with van der Waals surface area (Å²) in [4.78, 5) is 0. The Kier molecular flexibility index (Phi) is 14.4. The lowest BCUT2D eigenvalue weighted by Gasteiger charge is -2.29. The lowest BCUT2D eigenvalue weighted by atomic mass is 10.1. The Morgan fingerprint density at radius 3 is 1.81 bits per heavy atom. The fourth-order valence-corrected chi connectivity index (χ4v) is 1.91. The minimum Gasteiger partial charge on any atom is -1.00 e. The summed E-state index contributed by atoms with van der Waals surface area (Å²) < 4.78 is 1.12. The third-order valence-electron chi connectivity index (χ3n) is 3.04. The van der Waals surface area contributed by atoms with Crippen molar-refractivity contribution < 1.29 is 33.6 Å². The zero-order chi connectivity index (χ0) is 11.6. The van der Waals surface area contributed by atoms with Crippen molar-refractivity contribution in [3.05, 3.63) is 0 Å². The Labute approximate surface area is 119 Å². The molecule has 1 N–H and O–H groups in total. The predicted molar refractivity (Wildman–Crippen MR) is 66.9 cm³/mol. The van der Waals surface area contributed by atoms with E-state index < -0.39 is 0 Å². The van der Waals surface area contributed by atoms with Crippen LogP contribution in [0, 0.1) is 0 Å². The van der Waals surface area contributed by atoms with Crippen LogP contribution in [0.3, 0.4) is 0 Å². The molecular weight excluding hydrogens is 313 g/mol. The second kappa shape index (κ2) is 12.1. The van der Waals surface area contributed by atoms with Crippen LogP contribution in [0.1, 0.15) is 51.9 Å². The molecular formula is C13H30INO. The molecule has 16 heavy (non-hydrogen) atoms. The lowest BCUT2D eigenvalue weighted by Crippen LogP contribution is -3.00. The van der Waals surface area contributed by atoms with Crippen LogP contribution < -0.4 is 24.0 Å². The molecule has 0 saturated heterocycles. The Bertz CT molecular complexity index is 140. The van der Waals surface area contributed by atoms with Gasteiger partial charge in [0, 0.05) is 6.61 Å². The van der Waals surface area contributed by atoms with Crippen LogP contribution >= 0.6 is 0 Å². The first-order chi connectivity index (χ1) is 7.12. The Balaban J connectivity index is 0. The van der Waals surface area contributed by atoms with Crippen LogP contribution in [0.2, 0.25) is 0 Å². The fraction of sp³-hybridized carbons (Fsp3) is 1.00. The second-order valence-electron chi connectivity index (χ2n) is 5.23. The number of rotatable bonds is 10. The van der Waals surface area contributed by atoms with Gasteiger partial charge in [0.2, 0.25) is 0 Å². The molecule has 3 heteroatoms. The van der Waals surface area contributed by atoms with E-state index in [1.807, 2.05) is 0 Å². The average molecular weight is 343 g/mol. The Morgan fingerprint density at radius 1 is 0.812 bits per heavy atom. The molecule has 0 rings (SSSR count). The molecule has 0 saturated carbocycles. The van der Waals surface area contributed by atoms with Gasteiger partial charge in [0.05, 0.1) is 27.2 Å². The molecule has 0 fully saturated rings. The molecule has 0 aromatic heterocycles. The Hall–Kier alpha value is 0.650. The SMILES string of the molecule is CCCCCCC[N+](C)(C)CCCCO.[I-]. The number of halogens is 1. The van der Waals surface area contributed by atoms with Gasteiger partial charge in [-0.1, -0.05) is 26.2 Å². The molecule has 0 unspecified atom stereocenters. The summed E-state index contributed by atoms with van der Waals surface area (Å²) in [5.74, 6) is 0. The van der Waals surface area contributed by atoms with Gasteiger partial charge in [-0.3, -0.25) is 0 Å². The smallest absolute Gasteiger partial charge is 0.0783 e. The maximum absolute atomic E-state index is 8.73. The van der Waals surface area contributed by atoms with Crippen LogP contribution in [-0.4, -0.2) is 43.4 Å². The zero-order valence-electron chi connectivity index (χ0n) is 11.3. The van der Waals surface area contributed by atoms with Gasteiger partial charge < -0.3 is 33.6 Å². The van der Waals surface area contributed by atoms with Crippen molar-refractivity contribution in [2.45, 2.75) is 51.9 Å². The fourth-order valence-electron chi connectivity index (χ4n) is 1.91. The number of aliphatic hydroxyl groups is 1. The Morgan fingerprint density at radius 2 is 1.31 bits per heavy atom. The first-order valence-corrected chi connectivity index (χ1v) is 6.55. The largest absolute Gasteiger partial charge is 1.00 e. The highest BCUT2D eigenvalue weighted by atomic mass is 127. The van der Waals surface area contributed by atoms with Gasteiger partial charge in [-0.2, -0.15) is 0 Å². The maximum Gasteiger partial charge on any atom is 0.0783 e. The van der Waals surface area contributed by atoms with Gasteiger partial charge in [-0.25, -0.2) is 0 Å². The van der Waals surface area contributed by atoms with Gasteiger partial charge in [0.15, 0.2) is 0 Å². The molecule has 0 spiro atoms. The minimum atomic E-state index is 0. The third-order valence-corrected chi connectivity index (χ3v) is 3.04. The molecule has 0 aromatic carbocycles. The summed E-state index contributed by atoms with van der Waals surface area (Å²) in [5.41, 5.74) is 0. The highest BCUT2D eigenvalue weighted by Gasteiger charge is 2.13. The molecule has 0 radical (unpaired) electrons. The van der Waals surface area contributed by atoms with Crippen molar-refractivity contribution in [1.29, 1.82) is 0 Å². The first kappa shape index (κ1) is 19.0. The van der Waals surface area contributed by atoms with Crippen LogP contribution in [0.15, 0.2) is 0 Å². The van der Waals surface area contributed by atoms with Crippen molar-refractivity contribution >= 4 is 0 Å². The van der Waals surface area contributed by atoms with Gasteiger partial charge in [0.1, 0.15) is 0 Å². The van der Waals surface area contributed by atoms with Crippen molar-refractivity contribution in [1.82, 2.24) is 0 Å². The molecule has 0 atom stereocenters. The van der Waals surface area contributed by atoms with Gasteiger partial charge in [-0.15, -0.1) is 0 Å². The lowest BCUT2D eigenvalue weighted by molar-refractivity contribution is -0.890. The average Bonchev–Trinajstić information content (AvgIpc) is 2.17. The number of hydrogen-bond donors (Lipinski definition) is 1. The van der Waals surface area contributed by atoms with Gasteiger partial charge in [-0.05, 0) is 25.7 Å². The number of quaternary nitrogens is 1. The van der Waals surface area contributed by atoms with E-state index in [1.54, 1.807) is 0 Å². The summed E-state index contributed by atoms with van der Waals surface area (Å²) in [5, 5.41) is 8.73. The standard InChI is InChI=1S/C13H30NO.HI/c1-4-5-6-7-8-11-14(2,3)12-9-10-13-15;/h15H,4-13H2,1-3H3;1H/q+1;/p-1. The first-order valence-electron chi connectivity index (χ1n) is 6.55. The van der Waals surface area contributed by atoms with Crippen molar-refractivity contribution in [3.63, 3.8) is 0 Å². The number of hydrogen-bond acceptors (Lipinski definition) is 1. The van der Waals surface area contributed by atoms with Crippen LogP contribution in [0.4, 0.5) is 0 Å². The maximum atomic E-state index is 8.73. The summed E-state index contributed by atoms with van der Waals surface area (Å²) in [6.45, 7) is 5.09. The molecule has 0 heterocycles. The van der Waals surface area contributed by atoms with E-state index in [1.165, 1.54) is 45.2 Å². The van der Waals surface area contributed by atoms with E-state index in [4.69, 9.17) is 5.11 Å². The van der Waals surface area contributed by atoms with Gasteiger partial charge in [0.25, 0.3) is 0 Å². The second-order valence-corrected chi connectivity index (χ2v) is 5.23. The molecule has 100 valence electrons. The summed E-state index contributed by atoms with van der Waals surface area (Å²) >= 11 is 0. The number of nitrogens with zero attached hydrogens (tertiary/aromatic N) is 1. The summed E-state index contributed by atoms with van der Waals surface area (Å²) in [6.07, 6.45) is 8.96. The topological polar surface area (TPSA) is 20.2 Å². The van der Waals surface area contributed by atoms with Crippen LogP contribution in [0.25, 0.3) is 0 Å². The molecule has 0 aliphatic heterocycles. The van der Waals surface area contributed by atoms with Crippen molar-refractivity contribution in [3.8, 4) is 0 Å². The third kappa shape index (κ3) is 12.7. The molecule has 0 bridgehead atoms. The van der Waals surface area contributed by atoms with Crippen LogP contribution in [0.5, 0.6) is 0 Å². The van der Waals surface area contributed by atoms with Crippen molar-refractivity contribution in [2.75, 3.05) is 33.8 Å². The van der Waals surface area contributed by atoms with E-state index in [0.717, 1.165) is 17.3 Å². The highest BCUT2D eigenvalue weighted by Crippen LogP contribution is 2.08. The normalized spacial score (nSPS) is 11.2. The van der Waals surface area contributed by atoms with E-state index >= 15 is 0 Å². The van der Waals surface area contributed by atoms with Crippen LogP contribution in [-0.2, 0) is 0 Å². The molecule has 0 aromatic rings. The van der Waals surface area contributed by atoms with Crippen molar-refractivity contribution in [2.24, 2.45) is 0 Å². The van der Waals surface area contributed by atoms with E-state index in [9.17, 15) is 0 Å². The molecule has 0 aliphatic rings. The van der Waals surface area contributed by atoms with E-state index in [2.05, 4.69) is 21.0 Å². The quantitative estimate of drug-likeness (QED) is 0.331. The summed E-state index contributed by atoms with van der Waals surface area (Å²) in [7, 11) is 4.61. The highest BCUT2D eigenvalue weighted by molar-refractivity contribution is 4.44. The minimum absolute atomic E-state index is 0. The number of unbranched alkanes of at least 4 members (excludes halogenated alkanes) is 5. The monoisotopic (exact) mass is 343 g/mol. The van der Waals surface area contributed by atoms with E-state index in [-0.39, 0.29) is 24.0 Å². The molecule has 0 amide bonds. The van der Waals surface area contributed by atoms with Gasteiger partial charge >= 0.3 is 0 Å². The summed E-state index contributed by atoms with van der Waals surface area (Å²) in [6, 6.07) is 0. The molecule has 0 aliphatic carbocycles. The molecule has 2 nitrogen and oxygen atoms in total. The predicted octanol–water partition coefficient (Wildman–Crippen LogP) is -0.190. The van der Waals surface area contributed by atoms with E-state index in [0.29, 0.717) is 6.61 Å². The zero-order valence-corrected chi connectivity index (χ0v) is 13.5. The number of aliphatic hydroxyl groups excluding tert-OH is 1.